The van der Waals surface area contributed by atoms with Gasteiger partial charge in [0.25, 0.3) is 5.91 Å². The van der Waals surface area contributed by atoms with Gasteiger partial charge in [-0.3, -0.25) is 9.36 Å². The Hall–Kier alpha value is -3.41. The van der Waals surface area contributed by atoms with Crippen molar-refractivity contribution in [1.82, 2.24) is 19.9 Å². The molecule has 0 aliphatic heterocycles. The predicted octanol–water partition coefficient (Wildman–Crippen LogP) is 3.56. The lowest BCUT2D eigenvalue weighted by atomic mass is 10.1. The van der Waals surface area contributed by atoms with Crippen molar-refractivity contribution in [2.75, 3.05) is 0 Å². The van der Waals surface area contributed by atoms with Crippen LogP contribution in [0.25, 0.3) is 16.9 Å². The Bertz CT molecular complexity index is 1080. The van der Waals surface area contributed by atoms with Gasteiger partial charge in [0.05, 0.1) is 18.5 Å². The van der Waals surface area contributed by atoms with E-state index in [1.807, 2.05) is 54.8 Å². The Labute approximate surface area is 150 Å². The number of carbonyl (C=O) groups is 1. The van der Waals surface area contributed by atoms with Crippen LogP contribution in [-0.2, 0) is 6.54 Å². The number of hydrogen-bond acceptors (Lipinski definition) is 4. The molecule has 26 heavy (non-hydrogen) atoms. The third-order valence-corrected chi connectivity index (χ3v) is 4.30. The summed E-state index contributed by atoms with van der Waals surface area (Å²) in [7, 11) is 0. The number of carbonyl (C=O) groups excluding carboxylic acids is 1. The Balaban J connectivity index is 1.70. The molecule has 0 bridgehead atoms. The molecule has 1 aromatic carbocycles. The number of fused-ring (bicyclic) bond motifs is 1. The van der Waals surface area contributed by atoms with E-state index in [1.54, 1.807) is 18.5 Å². The van der Waals surface area contributed by atoms with Gasteiger partial charge in [-0.05, 0) is 55.8 Å². The van der Waals surface area contributed by atoms with Crippen molar-refractivity contribution in [3.8, 4) is 5.69 Å². The van der Waals surface area contributed by atoms with E-state index in [2.05, 4.69) is 15.3 Å². The van der Waals surface area contributed by atoms with Crippen LogP contribution >= 0.6 is 0 Å². The summed E-state index contributed by atoms with van der Waals surface area (Å²) in [5.74, 6) is 1.39. The summed E-state index contributed by atoms with van der Waals surface area (Å²) in [5.41, 5.74) is 4.13. The summed E-state index contributed by atoms with van der Waals surface area (Å²) in [6.07, 6.45) is 3.33. The van der Waals surface area contributed by atoms with Crippen molar-refractivity contribution in [1.29, 1.82) is 0 Å². The first-order valence-electron chi connectivity index (χ1n) is 8.35. The normalized spacial score (nSPS) is 11.0. The molecule has 0 atom stereocenters. The van der Waals surface area contributed by atoms with Gasteiger partial charge in [0.15, 0.2) is 5.65 Å². The lowest BCUT2D eigenvalue weighted by Crippen LogP contribution is -2.22. The highest BCUT2D eigenvalue weighted by Gasteiger charge is 2.15. The van der Waals surface area contributed by atoms with Crippen LogP contribution in [0.4, 0.5) is 0 Å². The molecular weight excluding hydrogens is 328 g/mol. The maximum absolute atomic E-state index is 12.5. The number of aromatic nitrogens is 3. The fourth-order valence-electron chi connectivity index (χ4n) is 2.99. The van der Waals surface area contributed by atoms with Gasteiger partial charge in [-0.1, -0.05) is 6.07 Å². The van der Waals surface area contributed by atoms with Crippen molar-refractivity contribution < 1.29 is 9.21 Å². The number of benzene rings is 1. The molecule has 4 rings (SSSR count). The minimum Gasteiger partial charge on any atom is -0.467 e. The van der Waals surface area contributed by atoms with Gasteiger partial charge >= 0.3 is 0 Å². The zero-order chi connectivity index (χ0) is 18.1. The molecule has 0 saturated heterocycles. The highest BCUT2D eigenvalue weighted by molar-refractivity contribution is 5.95. The first-order chi connectivity index (χ1) is 12.6. The Morgan fingerprint density at radius 2 is 2.08 bits per heavy atom. The Kier molecular flexibility index (Phi) is 4.01. The summed E-state index contributed by atoms with van der Waals surface area (Å²) in [4.78, 5) is 21.5. The number of nitrogens with one attached hydrogen (secondary N) is 1. The van der Waals surface area contributed by atoms with Gasteiger partial charge in [-0.2, -0.15) is 0 Å². The second-order valence-corrected chi connectivity index (χ2v) is 6.10. The number of nitrogens with zero attached hydrogens (tertiary/aromatic N) is 3. The zero-order valence-corrected chi connectivity index (χ0v) is 14.6. The fraction of sp³-hybridized carbons (Fsp3) is 0.150. The van der Waals surface area contributed by atoms with E-state index in [1.165, 1.54) is 0 Å². The summed E-state index contributed by atoms with van der Waals surface area (Å²) in [5, 5.41) is 2.87. The lowest BCUT2D eigenvalue weighted by molar-refractivity contribution is 0.0948. The van der Waals surface area contributed by atoms with Crippen LogP contribution in [0.2, 0.25) is 0 Å². The van der Waals surface area contributed by atoms with Crippen LogP contribution < -0.4 is 5.32 Å². The van der Waals surface area contributed by atoms with Crippen LogP contribution in [0.5, 0.6) is 0 Å². The number of hydrogen-bond donors (Lipinski definition) is 1. The largest absolute Gasteiger partial charge is 0.467 e. The molecule has 1 N–H and O–H groups in total. The van der Waals surface area contributed by atoms with E-state index >= 15 is 0 Å². The smallest absolute Gasteiger partial charge is 0.251 e. The monoisotopic (exact) mass is 346 g/mol. The van der Waals surface area contributed by atoms with E-state index in [9.17, 15) is 4.79 Å². The highest BCUT2D eigenvalue weighted by atomic mass is 16.3. The molecular formula is C20H18N4O2. The molecule has 0 aliphatic rings. The molecule has 3 heterocycles. The second-order valence-electron chi connectivity index (χ2n) is 6.10. The van der Waals surface area contributed by atoms with E-state index in [0.717, 1.165) is 28.2 Å². The first kappa shape index (κ1) is 16.1. The third kappa shape index (κ3) is 2.86. The number of aryl methyl sites for hydroxylation is 2. The zero-order valence-electron chi connectivity index (χ0n) is 14.6. The molecule has 0 unspecified atom stereocenters. The van der Waals surface area contributed by atoms with E-state index in [-0.39, 0.29) is 5.91 Å². The summed E-state index contributed by atoms with van der Waals surface area (Å²) in [6.45, 7) is 4.29. The summed E-state index contributed by atoms with van der Waals surface area (Å²) < 4.78 is 7.23. The van der Waals surface area contributed by atoms with Crippen LogP contribution in [-0.4, -0.2) is 20.4 Å². The second kappa shape index (κ2) is 6.48. The van der Waals surface area contributed by atoms with Gasteiger partial charge in [-0.25, -0.2) is 9.97 Å². The van der Waals surface area contributed by atoms with Crippen molar-refractivity contribution in [2.45, 2.75) is 20.4 Å². The molecule has 130 valence electrons. The number of imidazole rings is 1. The minimum atomic E-state index is -0.155. The van der Waals surface area contributed by atoms with Gasteiger partial charge < -0.3 is 9.73 Å². The maximum Gasteiger partial charge on any atom is 0.251 e. The maximum atomic E-state index is 12.5. The van der Waals surface area contributed by atoms with Crippen molar-refractivity contribution in [3.63, 3.8) is 0 Å². The summed E-state index contributed by atoms with van der Waals surface area (Å²) >= 11 is 0. The molecule has 0 saturated carbocycles. The van der Waals surface area contributed by atoms with Gasteiger partial charge in [0.1, 0.15) is 17.1 Å². The van der Waals surface area contributed by atoms with E-state index in [4.69, 9.17) is 4.42 Å². The average molecular weight is 346 g/mol. The van der Waals surface area contributed by atoms with Crippen molar-refractivity contribution in [3.05, 3.63) is 77.6 Å². The fourth-order valence-corrected chi connectivity index (χ4v) is 2.99. The minimum absolute atomic E-state index is 0.155. The molecule has 0 fully saturated rings. The quantitative estimate of drug-likeness (QED) is 0.613. The molecule has 6 nitrogen and oxygen atoms in total. The van der Waals surface area contributed by atoms with Crippen LogP contribution in [0.1, 0.15) is 27.5 Å². The van der Waals surface area contributed by atoms with Crippen LogP contribution in [0, 0.1) is 13.8 Å². The molecule has 1 amide bonds. The summed E-state index contributed by atoms with van der Waals surface area (Å²) in [6, 6.07) is 13.0. The number of rotatable bonds is 4. The molecule has 0 spiro atoms. The SMILES string of the molecule is Cc1ccc(C(=O)NCc2ccco2)cc1-n1c(C)nc2cccnc21. The van der Waals surface area contributed by atoms with Gasteiger partial charge in [0.2, 0.25) is 0 Å². The number of furan rings is 1. The standard InChI is InChI=1S/C20H18N4O2/c1-13-7-8-15(20(25)22-12-16-5-4-10-26-16)11-18(13)24-14(2)23-17-6-3-9-21-19(17)24/h3-11H,12H2,1-2H3,(H,22,25). The molecule has 0 aliphatic carbocycles. The first-order valence-corrected chi connectivity index (χ1v) is 8.35. The highest BCUT2D eigenvalue weighted by Crippen LogP contribution is 2.23. The molecule has 0 radical (unpaired) electrons. The van der Waals surface area contributed by atoms with E-state index in [0.29, 0.717) is 17.9 Å². The Morgan fingerprint density at radius 1 is 1.19 bits per heavy atom. The van der Waals surface area contributed by atoms with E-state index < -0.39 is 0 Å². The number of pyridine rings is 1. The third-order valence-electron chi connectivity index (χ3n) is 4.30. The lowest BCUT2D eigenvalue weighted by Gasteiger charge is -2.12. The van der Waals surface area contributed by atoms with Crippen molar-refractivity contribution in [2.24, 2.45) is 0 Å². The molecule has 3 aromatic heterocycles. The van der Waals surface area contributed by atoms with Crippen LogP contribution in [0.3, 0.4) is 0 Å². The van der Waals surface area contributed by atoms with Gasteiger partial charge in [-0.15, -0.1) is 0 Å². The average Bonchev–Trinajstić information content (AvgIpc) is 3.27. The molecule has 6 heteroatoms. The molecule has 4 aromatic rings. The van der Waals surface area contributed by atoms with Gasteiger partial charge in [0, 0.05) is 11.8 Å². The van der Waals surface area contributed by atoms with Crippen LogP contribution in [0.15, 0.2) is 59.3 Å². The van der Waals surface area contributed by atoms with Crippen molar-refractivity contribution >= 4 is 17.1 Å². The Morgan fingerprint density at radius 3 is 2.88 bits per heavy atom. The topological polar surface area (TPSA) is 73.0 Å². The predicted molar refractivity (Wildman–Crippen MR) is 98.2 cm³/mol. The number of amides is 1.